The molecule has 0 fully saturated rings. The number of amides is 2. The van der Waals surface area contributed by atoms with Crippen LogP contribution in [0.5, 0.6) is 11.5 Å². The molecule has 0 saturated carbocycles. The molecule has 30 nitrogen and oxygen atoms in total. The van der Waals surface area contributed by atoms with E-state index >= 15 is 0 Å². The summed E-state index contributed by atoms with van der Waals surface area (Å²) < 4.78 is 174. The molecule has 0 aromatic heterocycles. The third kappa shape index (κ3) is 26.6. The Kier molecular flexibility index (Phi) is 39.6. The zero-order valence-electron chi connectivity index (χ0n) is 57.9. The summed E-state index contributed by atoms with van der Waals surface area (Å²) in [4.78, 5) is 74.8. The number of hydrogen-bond acceptors (Lipinski definition) is 25. The number of halogens is 3. The normalized spacial score (nSPS) is 11.6. The van der Waals surface area contributed by atoms with Crippen LogP contribution < -0.4 is 144 Å². The zero-order valence-corrected chi connectivity index (χ0v) is 71.1. The molecule has 0 aliphatic heterocycles. The Labute approximate surface area is 693 Å². The van der Waals surface area contributed by atoms with Crippen LogP contribution in [0.15, 0.2) is 126 Å². The predicted molar refractivity (Wildman–Crippen MR) is 381 cm³/mol. The quantitative estimate of drug-likeness (QED) is 0.00453. The van der Waals surface area contributed by atoms with E-state index in [1.165, 1.54) is 55.5 Å². The Morgan fingerprint density at radius 3 is 0.943 bits per heavy atom. The number of sulfonamides is 3. The molecule has 0 saturated heterocycles. The minimum Gasteiger partial charge on any atom is -0.550 e. The summed E-state index contributed by atoms with van der Waals surface area (Å²) >= 11 is 0. The van der Waals surface area contributed by atoms with Crippen molar-refractivity contribution in [2.45, 2.75) is 129 Å². The summed E-state index contributed by atoms with van der Waals surface area (Å²) in [5, 5.41) is 37.2. The Bertz CT molecular complexity index is 5250. The maximum absolute atomic E-state index is 13.8. The Morgan fingerprint density at radius 1 is 0.406 bits per heavy atom. The SMILES string of the molecule is C.C=C(C)C(=O)NCCCC.C=C(C)C(=O)NCCCNS(=O)(=O)c1cc(OC(C)=O)c2ccc3c(S(=O)(=O)NCCCC(=O)[O-])cc(S(=O)(=O)NCCCC(=O)[O-])c4ccc1c2c34.CC(=O)Oc1cc(S(=O)(=O)Cl)c2ccc3c(S(=O)(=O)Cl)cc(S(=O)(=O)Cl)c4ccc1c2c43.NCCCC(=O)[O-].[Na+].[Na+].[Na+]. The van der Waals surface area contributed by atoms with Crippen molar-refractivity contribution in [3.8, 4) is 11.5 Å². The first-order valence-electron chi connectivity index (χ1n) is 30.3. The molecule has 106 heavy (non-hydrogen) atoms. The number of ether oxygens (including phenoxy) is 2. The Balaban J connectivity index is 0.000000892. The molecule has 0 radical (unpaired) electrons. The van der Waals surface area contributed by atoms with E-state index in [4.69, 9.17) is 47.3 Å². The van der Waals surface area contributed by atoms with Crippen molar-refractivity contribution in [3.63, 3.8) is 0 Å². The second-order valence-electron chi connectivity index (χ2n) is 22.3. The van der Waals surface area contributed by atoms with Gasteiger partial charge in [-0.3, -0.25) is 19.2 Å². The van der Waals surface area contributed by atoms with Gasteiger partial charge < -0.3 is 55.5 Å². The molecule has 0 aliphatic carbocycles. The van der Waals surface area contributed by atoms with Crippen LogP contribution in [0.4, 0.5) is 0 Å². The molecule has 0 unspecified atom stereocenters. The van der Waals surface area contributed by atoms with Crippen molar-refractivity contribution < 1.29 is 198 Å². The van der Waals surface area contributed by atoms with Crippen LogP contribution in [0, 0.1) is 0 Å². The minimum atomic E-state index is -4.59. The third-order valence-corrected chi connectivity index (χ3v) is 23.1. The van der Waals surface area contributed by atoms with E-state index in [1.54, 1.807) is 6.92 Å². The first-order chi connectivity index (χ1) is 47.3. The minimum absolute atomic E-state index is 0. The molecule has 0 aliphatic rings. The molecule has 8 aromatic carbocycles. The third-order valence-electron chi connectivity index (χ3n) is 14.5. The molecule has 0 atom stereocenters. The smallest absolute Gasteiger partial charge is 0.550 e. The second-order valence-corrected chi connectivity index (χ2v) is 35.1. The molecular formula is C64H72Cl3N6Na3O24S6. The summed E-state index contributed by atoms with van der Waals surface area (Å²) in [6, 6.07) is 14.6. The number of unbranched alkanes of at least 4 members (excludes halogenated alkanes) is 1. The maximum atomic E-state index is 13.8. The van der Waals surface area contributed by atoms with Crippen molar-refractivity contribution in [1.29, 1.82) is 0 Å². The van der Waals surface area contributed by atoms with Gasteiger partial charge in [0.2, 0.25) is 41.9 Å². The molecular weight excluding hydrogens is 1600 g/mol. The molecule has 0 heterocycles. The molecule has 8 aromatic rings. The Morgan fingerprint density at radius 2 is 0.660 bits per heavy atom. The number of rotatable bonds is 31. The first kappa shape index (κ1) is 99.0. The van der Waals surface area contributed by atoms with Gasteiger partial charge >= 0.3 is 101 Å². The van der Waals surface area contributed by atoms with Gasteiger partial charge in [-0.15, -0.1) is 0 Å². The molecule has 562 valence electrons. The van der Waals surface area contributed by atoms with Crippen LogP contribution in [0.1, 0.15) is 99.8 Å². The van der Waals surface area contributed by atoms with Gasteiger partial charge in [-0.05, 0) is 96.0 Å². The summed E-state index contributed by atoms with van der Waals surface area (Å²) in [7, 11) is -10.2. The van der Waals surface area contributed by atoms with Crippen LogP contribution in [-0.4, -0.2) is 131 Å². The van der Waals surface area contributed by atoms with Gasteiger partial charge in [0.1, 0.15) is 11.5 Å². The van der Waals surface area contributed by atoms with Gasteiger partial charge in [-0.25, -0.2) is 64.7 Å². The van der Waals surface area contributed by atoms with Crippen LogP contribution in [0.3, 0.4) is 0 Å². The van der Waals surface area contributed by atoms with Crippen LogP contribution in [0.25, 0.3) is 64.6 Å². The summed E-state index contributed by atoms with van der Waals surface area (Å²) in [6.45, 7) is 15.0. The summed E-state index contributed by atoms with van der Waals surface area (Å²) in [5.41, 5.74) is 5.83. The molecule has 8 rings (SSSR count). The maximum Gasteiger partial charge on any atom is 1.00 e. The van der Waals surface area contributed by atoms with E-state index in [-0.39, 0.29) is 240 Å². The summed E-state index contributed by atoms with van der Waals surface area (Å²) in [6.07, 6.45) is 1.68. The van der Waals surface area contributed by atoms with Gasteiger partial charge in [0, 0.05) is 184 Å². The predicted octanol–water partition coefficient (Wildman–Crippen LogP) is -4.62. The van der Waals surface area contributed by atoms with Crippen LogP contribution >= 0.6 is 32.0 Å². The first-order valence-corrected chi connectivity index (χ1v) is 41.6. The number of nitrogens with one attached hydrogen (secondary N) is 5. The number of carboxylic acids is 3. The van der Waals surface area contributed by atoms with Crippen LogP contribution in [-0.2, 0) is 90.8 Å². The van der Waals surface area contributed by atoms with Crippen molar-refractivity contribution >= 4 is 196 Å². The van der Waals surface area contributed by atoms with Gasteiger partial charge in [0.15, 0.2) is 0 Å². The largest absolute Gasteiger partial charge is 1.00 e. The van der Waals surface area contributed by atoms with Crippen LogP contribution in [0.2, 0.25) is 0 Å². The van der Waals surface area contributed by atoms with Crippen molar-refractivity contribution in [1.82, 2.24) is 24.8 Å². The average Bonchev–Trinajstić information content (AvgIpc) is 0.712. The van der Waals surface area contributed by atoms with E-state index in [9.17, 15) is 99.4 Å². The average molecular weight is 1680 g/mol. The van der Waals surface area contributed by atoms with E-state index in [1.807, 2.05) is 0 Å². The van der Waals surface area contributed by atoms with Crippen molar-refractivity contribution in [2.75, 3.05) is 39.3 Å². The molecule has 42 heteroatoms. The number of hydrogen-bond donors (Lipinski definition) is 6. The fourth-order valence-electron chi connectivity index (χ4n) is 10.0. The molecule has 2 amide bonds. The fourth-order valence-corrected chi connectivity index (χ4v) is 17.3. The molecule has 7 N–H and O–H groups in total. The Hall–Kier alpha value is -4.98. The number of nitrogens with two attached hydrogens (primary N) is 1. The number of carbonyl (C=O) groups is 7. The van der Waals surface area contributed by atoms with Gasteiger partial charge in [0.25, 0.3) is 27.2 Å². The molecule has 0 bridgehead atoms. The van der Waals surface area contributed by atoms with Crippen molar-refractivity contribution in [3.05, 3.63) is 97.1 Å². The second kappa shape index (κ2) is 42.4. The number of carboxylic acid groups (broad SMARTS) is 3. The van der Waals surface area contributed by atoms with E-state index in [0.29, 0.717) is 18.5 Å². The van der Waals surface area contributed by atoms with E-state index in [2.05, 4.69) is 44.9 Å². The van der Waals surface area contributed by atoms with Crippen molar-refractivity contribution in [2.24, 2.45) is 5.73 Å². The van der Waals surface area contributed by atoms with Gasteiger partial charge in [-0.2, -0.15) is 0 Å². The molecule has 0 spiro atoms. The zero-order chi connectivity index (χ0) is 76.8. The fraction of sp³-hybridized carbons (Fsp3) is 0.328. The number of benzene rings is 8. The summed E-state index contributed by atoms with van der Waals surface area (Å²) in [5.74, 6) is -6.27. The number of esters is 2. The number of aliphatic carboxylic acids is 3. The standard InChI is InChI=1S/C33H38N4O13S3.C18H9Cl3O8S3.C8H15NO.C4H9NO2.CH4.3Na/c1-19(2)33(43)34-13-6-16-37-51(44,45)26-17-25(50-20(3)38)21-9-10-23-27(52(46,47)35-14-4-7-29(39)40)18-28(24-12-11-22(26)31(21)32(23)24)53(48,49)36-15-5-8-30(41)42;1-8(22)29-13-6-14(30(19,23)24)10-4-5-12-16(32(21,27)28)7-15(31(20,25)26)11-3-2-9(13)17(10)18(11)12;1-4-5-6-9-8(10)7(2)3;5-3-1-2-4(6)7;;;;/h9-12,17-18,35-37H,1,4-8,13-16H2,2-3H3,(H,34,43)(H,39,40)(H,41,42);2-7H,1H3;2,4-6H2,1,3H3,(H,9,10);1-3,5H2,(H,6,7);1H4;;;/q;;;;;3*+1/p-3. The van der Waals surface area contributed by atoms with E-state index < -0.39 is 130 Å². The van der Waals surface area contributed by atoms with Gasteiger partial charge in [0.05, 0.1) is 29.4 Å². The monoisotopic (exact) mass is 1670 g/mol. The number of carbonyl (C=O) groups excluding carboxylic acids is 7. The van der Waals surface area contributed by atoms with Gasteiger partial charge in [-0.1, -0.05) is 70.3 Å². The topological polar surface area (TPSA) is 498 Å². The van der Waals surface area contributed by atoms with E-state index in [0.717, 1.165) is 57.5 Å².